The van der Waals surface area contributed by atoms with E-state index in [1.807, 2.05) is 0 Å². The molecule has 0 spiro atoms. The molecule has 0 bridgehead atoms. The predicted molar refractivity (Wildman–Crippen MR) is 125 cm³/mol. The number of Topliss-reactive ketones (excluding diaryl/α,β-unsaturated/α-hetero) is 1. The third-order valence-electron chi connectivity index (χ3n) is 7.03. The van der Waals surface area contributed by atoms with Crippen LogP contribution in [-0.2, 0) is 30.2 Å². The lowest BCUT2D eigenvalue weighted by atomic mass is 9.78. The van der Waals surface area contributed by atoms with Gasteiger partial charge in [-0.15, -0.1) is 0 Å². The molecule has 0 radical (unpaired) electrons. The summed E-state index contributed by atoms with van der Waals surface area (Å²) in [6.45, 7) is 4.11. The monoisotopic (exact) mass is 507 g/mol. The molecule has 4 atom stereocenters. The first-order valence-corrected chi connectivity index (χ1v) is 12.1. The van der Waals surface area contributed by atoms with E-state index in [0.29, 0.717) is 18.5 Å². The van der Waals surface area contributed by atoms with E-state index in [-0.39, 0.29) is 52.0 Å². The predicted octanol–water partition coefficient (Wildman–Crippen LogP) is 2.79. The molecule has 37 heavy (non-hydrogen) atoms. The van der Waals surface area contributed by atoms with Crippen molar-refractivity contribution in [3.05, 3.63) is 57.4 Å². The summed E-state index contributed by atoms with van der Waals surface area (Å²) in [4.78, 5) is 67.2. The summed E-state index contributed by atoms with van der Waals surface area (Å²) >= 11 is 0. The van der Waals surface area contributed by atoms with Gasteiger partial charge in [0.2, 0.25) is 0 Å². The van der Waals surface area contributed by atoms with Gasteiger partial charge in [-0.25, -0.2) is 0 Å². The molecule has 1 aromatic carbocycles. The van der Waals surface area contributed by atoms with Gasteiger partial charge in [-0.2, -0.15) is 0 Å². The number of esters is 2. The van der Waals surface area contributed by atoms with Crippen LogP contribution >= 0.6 is 0 Å². The van der Waals surface area contributed by atoms with E-state index in [1.54, 1.807) is 6.92 Å². The molecule has 1 N–H and O–H groups in total. The molecular weight excluding hydrogens is 482 g/mol. The Morgan fingerprint density at radius 2 is 1.68 bits per heavy atom. The molecule has 2 aromatic rings. The minimum Gasteiger partial charge on any atom is -0.507 e. The first-order chi connectivity index (χ1) is 17.6. The lowest BCUT2D eigenvalue weighted by molar-refractivity contribution is -0.204. The molecule has 10 heteroatoms. The number of benzene rings is 1. The summed E-state index contributed by atoms with van der Waals surface area (Å²) in [5, 5.41) is 11.2. The SMILES string of the molecule is CC(=O)O[C@@H]1C[C@@H](c2ccc3c(c2O)C(=O)c2cnc4c(c2C3=O)C(=O)CCC4)OC(C)[C@@H]1OC(C)=O. The molecule has 5 rings (SSSR count). The molecule has 10 nitrogen and oxygen atoms in total. The zero-order valence-corrected chi connectivity index (χ0v) is 20.5. The molecule has 2 heterocycles. The fraction of sp³-hybridized carbons (Fsp3) is 0.407. The van der Waals surface area contributed by atoms with Crippen molar-refractivity contribution in [2.75, 3.05) is 0 Å². The zero-order valence-electron chi connectivity index (χ0n) is 20.5. The minimum atomic E-state index is -0.859. The summed E-state index contributed by atoms with van der Waals surface area (Å²) in [5.41, 5.74) is 0.734. The van der Waals surface area contributed by atoms with Gasteiger partial charge in [0.25, 0.3) is 0 Å². The number of ether oxygens (including phenoxy) is 3. The summed E-state index contributed by atoms with van der Waals surface area (Å²) in [5.74, 6) is -2.94. The number of aromatic hydroxyl groups is 1. The number of pyridine rings is 1. The molecule has 1 fully saturated rings. The zero-order chi connectivity index (χ0) is 26.6. The molecule has 1 aliphatic heterocycles. The van der Waals surface area contributed by atoms with Gasteiger partial charge in [0, 0.05) is 49.6 Å². The molecule has 192 valence electrons. The Balaban J connectivity index is 1.54. The number of carbonyl (C=O) groups excluding carboxylic acids is 5. The van der Waals surface area contributed by atoms with E-state index in [9.17, 15) is 29.1 Å². The summed E-state index contributed by atoms with van der Waals surface area (Å²) in [7, 11) is 0. The van der Waals surface area contributed by atoms with E-state index in [4.69, 9.17) is 14.2 Å². The number of aromatic nitrogens is 1. The van der Waals surface area contributed by atoms with Crippen molar-refractivity contribution in [1.82, 2.24) is 4.98 Å². The highest BCUT2D eigenvalue weighted by atomic mass is 16.6. The van der Waals surface area contributed by atoms with E-state index < -0.39 is 53.7 Å². The summed E-state index contributed by atoms with van der Waals surface area (Å²) < 4.78 is 16.7. The number of hydrogen-bond acceptors (Lipinski definition) is 10. The van der Waals surface area contributed by atoms with Crippen LogP contribution in [0.15, 0.2) is 18.3 Å². The minimum absolute atomic E-state index is 0.0105. The number of nitrogens with zero attached hydrogens (tertiary/aromatic N) is 1. The highest BCUT2D eigenvalue weighted by Gasteiger charge is 2.44. The maximum atomic E-state index is 13.5. The Morgan fingerprint density at radius 3 is 2.38 bits per heavy atom. The van der Waals surface area contributed by atoms with Crippen LogP contribution in [0.2, 0.25) is 0 Å². The van der Waals surface area contributed by atoms with Crippen molar-refractivity contribution in [2.24, 2.45) is 0 Å². The smallest absolute Gasteiger partial charge is 0.303 e. The van der Waals surface area contributed by atoms with Crippen molar-refractivity contribution < 1.29 is 43.3 Å². The van der Waals surface area contributed by atoms with Gasteiger partial charge in [0.15, 0.2) is 23.5 Å². The van der Waals surface area contributed by atoms with Gasteiger partial charge in [-0.1, -0.05) is 6.07 Å². The van der Waals surface area contributed by atoms with Crippen LogP contribution < -0.4 is 0 Å². The quantitative estimate of drug-likeness (QED) is 0.525. The Labute approximate surface area is 211 Å². The van der Waals surface area contributed by atoms with Crippen molar-refractivity contribution in [2.45, 2.75) is 70.9 Å². The van der Waals surface area contributed by atoms with Crippen LogP contribution in [0.1, 0.15) is 99.6 Å². The lowest BCUT2D eigenvalue weighted by Gasteiger charge is -2.39. The number of phenolic OH excluding ortho intramolecular Hbond substituents is 1. The first kappa shape index (κ1) is 24.8. The Bertz CT molecular complexity index is 1380. The van der Waals surface area contributed by atoms with Gasteiger partial charge in [0.1, 0.15) is 11.9 Å². The number of hydrogen-bond donors (Lipinski definition) is 1. The van der Waals surface area contributed by atoms with E-state index in [0.717, 1.165) is 0 Å². The van der Waals surface area contributed by atoms with E-state index in [2.05, 4.69) is 4.98 Å². The standard InChI is InChI=1S/C27H25NO9/c1-11-27(37-13(3)30)20(36-12(2)29)9-19(35-11)14-7-8-15-22(24(14)32)26(34)16-10-28-17-5-4-6-18(31)23(17)21(16)25(15)33/h7-8,10-11,19-20,27,32H,4-6,9H2,1-3H3/t11?,19-,20+,27-/m0/s1. The van der Waals surface area contributed by atoms with Crippen molar-refractivity contribution in [3.63, 3.8) is 0 Å². The number of rotatable bonds is 3. The van der Waals surface area contributed by atoms with Gasteiger partial charge < -0.3 is 19.3 Å². The molecule has 2 aliphatic carbocycles. The fourth-order valence-corrected chi connectivity index (χ4v) is 5.48. The average molecular weight is 507 g/mol. The topological polar surface area (TPSA) is 146 Å². The third kappa shape index (κ3) is 4.11. The van der Waals surface area contributed by atoms with E-state index >= 15 is 0 Å². The van der Waals surface area contributed by atoms with Crippen molar-refractivity contribution in [3.8, 4) is 5.75 Å². The van der Waals surface area contributed by atoms with Gasteiger partial charge in [-0.05, 0) is 25.8 Å². The largest absolute Gasteiger partial charge is 0.507 e. The Morgan fingerprint density at radius 1 is 0.973 bits per heavy atom. The molecular formula is C27H25NO9. The van der Waals surface area contributed by atoms with Gasteiger partial charge in [-0.3, -0.25) is 29.0 Å². The molecule has 0 amide bonds. The maximum absolute atomic E-state index is 13.5. The van der Waals surface area contributed by atoms with Gasteiger partial charge >= 0.3 is 11.9 Å². The first-order valence-electron chi connectivity index (χ1n) is 12.1. The summed E-state index contributed by atoms with van der Waals surface area (Å²) in [6, 6.07) is 2.91. The second-order valence-electron chi connectivity index (χ2n) is 9.52. The number of aryl methyl sites for hydroxylation is 1. The van der Waals surface area contributed by atoms with Crippen LogP contribution in [0.3, 0.4) is 0 Å². The molecule has 1 saturated heterocycles. The normalized spacial score (nSPS) is 24.6. The Kier molecular flexibility index (Phi) is 6.15. The second kappa shape index (κ2) is 9.19. The summed E-state index contributed by atoms with van der Waals surface area (Å²) in [6.07, 6.45) is -0.468. The molecule has 1 aromatic heterocycles. The molecule has 0 saturated carbocycles. The van der Waals surface area contributed by atoms with Crippen LogP contribution in [0.25, 0.3) is 0 Å². The number of ketones is 3. The number of carbonyl (C=O) groups is 5. The van der Waals surface area contributed by atoms with E-state index in [1.165, 1.54) is 32.2 Å². The van der Waals surface area contributed by atoms with Crippen LogP contribution in [0.5, 0.6) is 5.75 Å². The Hall–Kier alpha value is -3.92. The maximum Gasteiger partial charge on any atom is 0.303 e. The number of fused-ring (bicyclic) bond motifs is 4. The van der Waals surface area contributed by atoms with Crippen LogP contribution in [0, 0.1) is 0 Å². The molecule has 1 unspecified atom stereocenters. The van der Waals surface area contributed by atoms with Crippen LogP contribution in [0.4, 0.5) is 0 Å². The molecule has 3 aliphatic rings. The average Bonchev–Trinajstić information content (AvgIpc) is 2.83. The number of phenols is 1. The van der Waals surface area contributed by atoms with Crippen molar-refractivity contribution in [1.29, 1.82) is 0 Å². The highest BCUT2D eigenvalue weighted by Crippen LogP contribution is 2.43. The lowest BCUT2D eigenvalue weighted by Crippen LogP contribution is -2.48. The van der Waals surface area contributed by atoms with Crippen molar-refractivity contribution >= 4 is 29.3 Å². The van der Waals surface area contributed by atoms with Gasteiger partial charge in [0.05, 0.1) is 34.6 Å². The highest BCUT2D eigenvalue weighted by molar-refractivity contribution is 6.31. The fourth-order valence-electron chi connectivity index (χ4n) is 5.48. The van der Waals surface area contributed by atoms with Crippen LogP contribution in [-0.4, -0.2) is 57.7 Å². The third-order valence-corrected chi connectivity index (χ3v) is 7.03. The second-order valence-corrected chi connectivity index (χ2v) is 9.52.